The Hall–Kier alpha value is -2.08. The molecule has 0 aliphatic carbocycles. The molecular weight excluding hydrogens is 250 g/mol. The lowest BCUT2D eigenvalue weighted by molar-refractivity contribution is 0.571. The van der Waals surface area contributed by atoms with Gasteiger partial charge in [0.1, 0.15) is 23.3 Å². The molecule has 0 spiro atoms. The third kappa shape index (κ3) is 3.23. The van der Waals surface area contributed by atoms with Crippen molar-refractivity contribution in [1.82, 2.24) is 9.97 Å². The first-order chi connectivity index (χ1) is 9.10. The van der Waals surface area contributed by atoms with Crippen LogP contribution in [0.25, 0.3) is 0 Å². The number of benzene rings is 1. The largest absolute Gasteiger partial charge is 0.355 e. The smallest absolute Gasteiger partial charge is 0.144 e. The zero-order valence-electron chi connectivity index (χ0n) is 10.5. The maximum Gasteiger partial charge on any atom is 0.144 e. The Morgan fingerprint density at radius 1 is 1.26 bits per heavy atom. The molecular formula is C13H14F2N4. The summed E-state index contributed by atoms with van der Waals surface area (Å²) >= 11 is 0. The van der Waals surface area contributed by atoms with E-state index >= 15 is 0 Å². The molecule has 0 bridgehead atoms. The zero-order valence-corrected chi connectivity index (χ0v) is 10.5. The molecule has 1 aromatic heterocycles. The van der Waals surface area contributed by atoms with Gasteiger partial charge >= 0.3 is 0 Å². The molecule has 0 unspecified atom stereocenters. The third-order valence-corrected chi connectivity index (χ3v) is 2.69. The monoisotopic (exact) mass is 264 g/mol. The number of halogens is 2. The van der Waals surface area contributed by atoms with E-state index in [1.165, 1.54) is 12.1 Å². The summed E-state index contributed by atoms with van der Waals surface area (Å²) in [7, 11) is 1.77. The Kier molecular flexibility index (Phi) is 4.01. The minimum atomic E-state index is -0.587. The molecule has 2 aromatic rings. The summed E-state index contributed by atoms with van der Waals surface area (Å²) in [5, 5.41) is 0. The molecule has 0 saturated heterocycles. The minimum absolute atomic E-state index is 0.243. The van der Waals surface area contributed by atoms with Gasteiger partial charge in [-0.25, -0.2) is 18.7 Å². The fourth-order valence-corrected chi connectivity index (χ4v) is 1.69. The van der Waals surface area contributed by atoms with E-state index < -0.39 is 11.6 Å². The summed E-state index contributed by atoms with van der Waals surface area (Å²) in [6.45, 7) is 0.528. The fourth-order valence-electron chi connectivity index (χ4n) is 1.69. The SMILES string of the molecule is CN(Cc1ccc(F)cc1F)c1ccnc(CN)n1. The molecule has 2 N–H and O–H groups in total. The van der Waals surface area contributed by atoms with Gasteiger partial charge in [-0.1, -0.05) is 6.07 Å². The van der Waals surface area contributed by atoms with Crippen LogP contribution in [0.15, 0.2) is 30.5 Å². The molecule has 0 saturated carbocycles. The lowest BCUT2D eigenvalue weighted by Gasteiger charge is -2.18. The van der Waals surface area contributed by atoms with E-state index in [1.54, 1.807) is 24.2 Å². The lowest BCUT2D eigenvalue weighted by atomic mass is 10.2. The van der Waals surface area contributed by atoms with Crippen molar-refractivity contribution in [2.45, 2.75) is 13.1 Å². The van der Waals surface area contributed by atoms with Gasteiger partial charge in [0.15, 0.2) is 0 Å². The second-order valence-electron chi connectivity index (χ2n) is 4.13. The van der Waals surface area contributed by atoms with Crippen LogP contribution in [0.5, 0.6) is 0 Å². The van der Waals surface area contributed by atoms with Crippen LogP contribution < -0.4 is 10.6 Å². The van der Waals surface area contributed by atoms with E-state index in [0.29, 0.717) is 17.2 Å². The third-order valence-electron chi connectivity index (χ3n) is 2.69. The fraction of sp³-hybridized carbons (Fsp3) is 0.231. The van der Waals surface area contributed by atoms with Crippen LogP contribution in [0, 0.1) is 11.6 Å². The van der Waals surface area contributed by atoms with Crippen molar-refractivity contribution in [1.29, 1.82) is 0 Å². The van der Waals surface area contributed by atoms with Crippen LogP contribution >= 0.6 is 0 Å². The summed E-state index contributed by atoms with van der Waals surface area (Å²) in [5.41, 5.74) is 5.87. The van der Waals surface area contributed by atoms with Gasteiger partial charge in [-0.2, -0.15) is 0 Å². The van der Waals surface area contributed by atoms with Crippen molar-refractivity contribution in [3.05, 3.63) is 53.5 Å². The van der Waals surface area contributed by atoms with Crippen LogP contribution in [-0.2, 0) is 13.1 Å². The summed E-state index contributed by atoms with van der Waals surface area (Å²) in [6, 6.07) is 5.23. The highest BCUT2D eigenvalue weighted by Crippen LogP contribution is 2.15. The van der Waals surface area contributed by atoms with Crippen molar-refractivity contribution >= 4 is 5.82 Å². The number of hydrogen-bond acceptors (Lipinski definition) is 4. The van der Waals surface area contributed by atoms with Crippen molar-refractivity contribution in [2.75, 3.05) is 11.9 Å². The second-order valence-corrected chi connectivity index (χ2v) is 4.13. The zero-order chi connectivity index (χ0) is 13.8. The van der Waals surface area contributed by atoms with Gasteiger partial charge in [0.25, 0.3) is 0 Å². The van der Waals surface area contributed by atoms with Gasteiger partial charge in [-0.05, 0) is 12.1 Å². The van der Waals surface area contributed by atoms with Gasteiger partial charge < -0.3 is 10.6 Å². The highest BCUT2D eigenvalue weighted by atomic mass is 19.1. The van der Waals surface area contributed by atoms with E-state index in [4.69, 9.17) is 5.73 Å². The number of nitrogens with zero attached hydrogens (tertiary/aromatic N) is 3. The normalized spacial score (nSPS) is 10.5. The van der Waals surface area contributed by atoms with E-state index in [9.17, 15) is 8.78 Å². The van der Waals surface area contributed by atoms with Gasteiger partial charge in [-0.3, -0.25) is 0 Å². The predicted molar refractivity (Wildman–Crippen MR) is 68.4 cm³/mol. The molecule has 100 valence electrons. The minimum Gasteiger partial charge on any atom is -0.355 e. The molecule has 0 amide bonds. The number of anilines is 1. The molecule has 2 rings (SSSR count). The topological polar surface area (TPSA) is 55.0 Å². The Balaban J connectivity index is 2.17. The lowest BCUT2D eigenvalue weighted by Crippen LogP contribution is -2.19. The van der Waals surface area contributed by atoms with E-state index in [0.717, 1.165) is 6.07 Å². The number of nitrogens with two attached hydrogens (primary N) is 1. The van der Waals surface area contributed by atoms with Gasteiger partial charge in [0.05, 0.1) is 6.54 Å². The summed E-state index contributed by atoms with van der Waals surface area (Å²) in [4.78, 5) is 9.97. The molecule has 19 heavy (non-hydrogen) atoms. The summed E-state index contributed by atoms with van der Waals surface area (Å²) in [5.74, 6) is -0.000542. The summed E-state index contributed by atoms with van der Waals surface area (Å²) in [6.07, 6.45) is 1.60. The van der Waals surface area contributed by atoms with E-state index in [-0.39, 0.29) is 13.1 Å². The number of rotatable bonds is 4. The average molecular weight is 264 g/mol. The Morgan fingerprint density at radius 2 is 2.05 bits per heavy atom. The van der Waals surface area contributed by atoms with Gasteiger partial charge in [-0.15, -0.1) is 0 Å². The van der Waals surface area contributed by atoms with Crippen LogP contribution in [-0.4, -0.2) is 17.0 Å². The van der Waals surface area contributed by atoms with Crippen LogP contribution in [0.3, 0.4) is 0 Å². The molecule has 4 nitrogen and oxygen atoms in total. The van der Waals surface area contributed by atoms with Crippen LogP contribution in [0.2, 0.25) is 0 Å². The first-order valence-corrected chi connectivity index (χ1v) is 5.77. The Bertz CT molecular complexity index is 574. The van der Waals surface area contributed by atoms with Gasteiger partial charge in [0, 0.05) is 31.4 Å². The molecule has 0 atom stereocenters. The average Bonchev–Trinajstić information content (AvgIpc) is 2.42. The first kappa shape index (κ1) is 13.4. The predicted octanol–water partition coefficient (Wildman–Crippen LogP) is 1.85. The molecule has 0 radical (unpaired) electrons. The highest BCUT2D eigenvalue weighted by molar-refractivity contribution is 5.38. The summed E-state index contributed by atoms with van der Waals surface area (Å²) < 4.78 is 26.4. The quantitative estimate of drug-likeness (QED) is 0.915. The molecule has 0 fully saturated rings. The first-order valence-electron chi connectivity index (χ1n) is 5.77. The van der Waals surface area contributed by atoms with E-state index in [1.807, 2.05) is 0 Å². The van der Waals surface area contributed by atoms with Crippen molar-refractivity contribution in [3.63, 3.8) is 0 Å². The molecule has 6 heteroatoms. The van der Waals surface area contributed by atoms with E-state index in [2.05, 4.69) is 9.97 Å². The second kappa shape index (κ2) is 5.71. The highest BCUT2D eigenvalue weighted by Gasteiger charge is 2.09. The molecule has 1 heterocycles. The Labute approximate surface area is 109 Å². The maximum absolute atomic E-state index is 13.6. The van der Waals surface area contributed by atoms with Crippen LogP contribution in [0.1, 0.15) is 11.4 Å². The molecule has 0 aliphatic heterocycles. The number of hydrogen-bond donors (Lipinski definition) is 1. The molecule has 1 aromatic carbocycles. The van der Waals surface area contributed by atoms with Crippen molar-refractivity contribution in [2.24, 2.45) is 5.73 Å². The Morgan fingerprint density at radius 3 is 2.74 bits per heavy atom. The maximum atomic E-state index is 13.6. The van der Waals surface area contributed by atoms with Gasteiger partial charge in [0.2, 0.25) is 0 Å². The van der Waals surface area contributed by atoms with Crippen molar-refractivity contribution in [3.8, 4) is 0 Å². The van der Waals surface area contributed by atoms with Crippen molar-refractivity contribution < 1.29 is 8.78 Å². The molecule has 0 aliphatic rings. The van der Waals surface area contributed by atoms with Crippen LogP contribution in [0.4, 0.5) is 14.6 Å². The standard InChI is InChI=1S/C13H14F2N4/c1-19(13-4-5-17-12(7-16)18-13)8-9-2-3-10(14)6-11(9)15/h2-6H,7-8,16H2,1H3. The number of aromatic nitrogens is 2.